The van der Waals surface area contributed by atoms with Crippen molar-refractivity contribution in [3.8, 4) is 0 Å². The summed E-state index contributed by atoms with van der Waals surface area (Å²) in [5.41, 5.74) is 1.34. The van der Waals surface area contributed by atoms with Crippen molar-refractivity contribution in [1.82, 2.24) is 10.0 Å². The van der Waals surface area contributed by atoms with Crippen molar-refractivity contribution in [2.24, 2.45) is 0 Å². The minimum Gasteiger partial charge on any atom is -0.313 e. The van der Waals surface area contributed by atoms with Gasteiger partial charge in [0.2, 0.25) is 0 Å². The minimum absolute atomic E-state index is 0.565. The van der Waals surface area contributed by atoms with Crippen LogP contribution in [0.2, 0.25) is 0 Å². The highest BCUT2D eigenvalue weighted by Crippen LogP contribution is 2.16. The van der Waals surface area contributed by atoms with Crippen molar-refractivity contribution >= 4 is 0 Å². The van der Waals surface area contributed by atoms with Gasteiger partial charge in [0.25, 0.3) is 0 Å². The lowest BCUT2D eigenvalue weighted by molar-refractivity contribution is 0.0693. The van der Waals surface area contributed by atoms with E-state index in [0.717, 1.165) is 0 Å². The summed E-state index contributed by atoms with van der Waals surface area (Å²) in [6, 6.07) is 0.565. The summed E-state index contributed by atoms with van der Waals surface area (Å²) in [7, 11) is 4.17. The van der Waals surface area contributed by atoms with E-state index in [-0.39, 0.29) is 0 Å². The quantitative estimate of drug-likeness (QED) is 0.479. The SMILES string of the molecule is CC1=CC(C)N(C)N1C. The topological polar surface area (TPSA) is 6.48 Å². The van der Waals surface area contributed by atoms with Gasteiger partial charge in [-0.1, -0.05) is 0 Å². The molecule has 1 rings (SSSR count). The zero-order valence-electron chi connectivity index (χ0n) is 6.55. The van der Waals surface area contributed by atoms with E-state index in [1.807, 2.05) is 0 Å². The molecule has 0 radical (unpaired) electrons. The average molecular weight is 126 g/mol. The summed E-state index contributed by atoms with van der Waals surface area (Å²) < 4.78 is 0. The first-order valence-corrected chi connectivity index (χ1v) is 3.28. The monoisotopic (exact) mass is 126 g/mol. The molecule has 0 saturated carbocycles. The summed E-state index contributed by atoms with van der Waals surface area (Å²) in [4.78, 5) is 0. The van der Waals surface area contributed by atoms with Gasteiger partial charge < -0.3 is 5.01 Å². The molecule has 1 aliphatic rings. The summed E-state index contributed by atoms with van der Waals surface area (Å²) >= 11 is 0. The Bertz CT molecular complexity index is 140. The molecule has 0 aliphatic carbocycles. The molecule has 0 aromatic heterocycles. The standard InChI is InChI=1S/C7H14N2/c1-6-5-7(2)9(4)8(6)3/h5-6H,1-4H3. The van der Waals surface area contributed by atoms with Gasteiger partial charge in [-0.05, 0) is 19.9 Å². The van der Waals surface area contributed by atoms with Crippen LogP contribution >= 0.6 is 0 Å². The molecule has 0 bridgehead atoms. The molecule has 2 heteroatoms. The highest BCUT2D eigenvalue weighted by molar-refractivity contribution is 5.06. The zero-order chi connectivity index (χ0) is 7.02. The molecule has 52 valence electrons. The lowest BCUT2D eigenvalue weighted by atomic mass is 10.3. The molecule has 0 N–H and O–H groups in total. The molecule has 0 spiro atoms. The Hall–Kier alpha value is -0.500. The molecular weight excluding hydrogens is 112 g/mol. The van der Waals surface area contributed by atoms with Gasteiger partial charge in [-0.2, -0.15) is 0 Å². The lowest BCUT2D eigenvalue weighted by Gasteiger charge is -2.26. The smallest absolute Gasteiger partial charge is 0.0461 e. The predicted octanol–water partition coefficient (Wildman–Crippen LogP) is 1.07. The van der Waals surface area contributed by atoms with Crippen LogP contribution in [0.4, 0.5) is 0 Å². The third-order valence-corrected chi connectivity index (χ3v) is 2.06. The molecule has 2 nitrogen and oxygen atoms in total. The normalized spacial score (nSPS) is 29.1. The molecule has 0 saturated heterocycles. The molecule has 1 heterocycles. The van der Waals surface area contributed by atoms with Crippen LogP contribution in [0.15, 0.2) is 11.8 Å². The number of likely N-dealkylation sites (N-methyl/N-ethyl adjacent to an activating group) is 1. The summed E-state index contributed by atoms with van der Waals surface area (Å²) in [6.45, 7) is 4.31. The Morgan fingerprint density at radius 2 is 2.00 bits per heavy atom. The van der Waals surface area contributed by atoms with Crippen LogP contribution in [0.3, 0.4) is 0 Å². The fraction of sp³-hybridized carbons (Fsp3) is 0.714. The number of hydrazine groups is 1. The van der Waals surface area contributed by atoms with Gasteiger partial charge in [0.15, 0.2) is 0 Å². The largest absolute Gasteiger partial charge is 0.313 e. The van der Waals surface area contributed by atoms with Gasteiger partial charge in [0.05, 0.1) is 0 Å². The van der Waals surface area contributed by atoms with Gasteiger partial charge >= 0.3 is 0 Å². The first-order chi connectivity index (χ1) is 4.13. The number of nitrogens with zero attached hydrogens (tertiary/aromatic N) is 2. The van der Waals surface area contributed by atoms with Crippen molar-refractivity contribution in [3.63, 3.8) is 0 Å². The van der Waals surface area contributed by atoms with Crippen LogP contribution in [0.1, 0.15) is 13.8 Å². The van der Waals surface area contributed by atoms with Crippen LogP contribution in [-0.4, -0.2) is 30.2 Å². The average Bonchev–Trinajstić information content (AvgIpc) is 1.98. The van der Waals surface area contributed by atoms with E-state index in [1.54, 1.807) is 0 Å². The van der Waals surface area contributed by atoms with Crippen LogP contribution in [0, 0.1) is 0 Å². The van der Waals surface area contributed by atoms with E-state index in [1.165, 1.54) is 5.70 Å². The molecule has 0 aromatic rings. The maximum atomic E-state index is 2.25. The predicted molar refractivity (Wildman–Crippen MR) is 38.7 cm³/mol. The van der Waals surface area contributed by atoms with Crippen molar-refractivity contribution in [1.29, 1.82) is 0 Å². The van der Waals surface area contributed by atoms with E-state index in [4.69, 9.17) is 0 Å². The Balaban J connectivity index is 2.70. The minimum atomic E-state index is 0.565. The molecule has 0 aromatic carbocycles. The van der Waals surface area contributed by atoms with Gasteiger partial charge in [0.1, 0.15) is 0 Å². The molecule has 1 aliphatic heterocycles. The van der Waals surface area contributed by atoms with Crippen LogP contribution in [-0.2, 0) is 0 Å². The van der Waals surface area contributed by atoms with E-state index >= 15 is 0 Å². The first-order valence-electron chi connectivity index (χ1n) is 3.28. The second-order valence-electron chi connectivity index (χ2n) is 2.65. The van der Waals surface area contributed by atoms with Crippen LogP contribution in [0.5, 0.6) is 0 Å². The maximum Gasteiger partial charge on any atom is 0.0461 e. The number of rotatable bonds is 0. The van der Waals surface area contributed by atoms with Crippen LogP contribution < -0.4 is 0 Å². The molecule has 9 heavy (non-hydrogen) atoms. The van der Waals surface area contributed by atoms with Crippen LogP contribution in [0.25, 0.3) is 0 Å². The Labute approximate surface area is 56.7 Å². The van der Waals surface area contributed by atoms with E-state index in [9.17, 15) is 0 Å². The van der Waals surface area contributed by atoms with Crippen molar-refractivity contribution in [3.05, 3.63) is 11.8 Å². The fourth-order valence-corrected chi connectivity index (χ4v) is 1.09. The number of hydrogen-bond donors (Lipinski definition) is 0. The van der Waals surface area contributed by atoms with E-state index < -0.39 is 0 Å². The van der Waals surface area contributed by atoms with Gasteiger partial charge in [-0.25, -0.2) is 5.01 Å². The maximum absolute atomic E-state index is 2.25. The summed E-state index contributed by atoms with van der Waals surface area (Å²) in [5, 5.41) is 4.36. The second kappa shape index (κ2) is 2.03. The fourth-order valence-electron chi connectivity index (χ4n) is 1.09. The number of allylic oxidation sites excluding steroid dienone is 1. The summed E-state index contributed by atoms with van der Waals surface area (Å²) in [5.74, 6) is 0. The van der Waals surface area contributed by atoms with Crippen molar-refractivity contribution < 1.29 is 0 Å². The first kappa shape index (κ1) is 6.62. The van der Waals surface area contributed by atoms with E-state index in [0.29, 0.717) is 6.04 Å². The Morgan fingerprint density at radius 1 is 1.44 bits per heavy atom. The molecular formula is C7H14N2. The molecule has 0 fully saturated rings. The van der Waals surface area contributed by atoms with Gasteiger partial charge in [0, 0.05) is 25.8 Å². The third kappa shape index (κ3) is 0.944. The zero-order valence-corrected chi connectivity index (χ0v) is 6.55. The number of hydrogen-bond acceptors (Lipinski definition) is 2. The molecule has 0 amide bonds. The lowest BCUT2D eigenvalue weighted by Crippen LogP contribution is -2.34. The highest BCUT2D eigenvalue weighted by Gasteiger charge is 2.18. The van der Waals surface area contributed by atoms with Crippen molar-refractivity contribution in [2.45, 2.75) is 19.9 Å². The van der Waals surface area contributed by atoms with E-state index in [2.05, 4.69) is 44.0 Å². The third-order valence-electron chi connectivity index (χ3n) is 2.06. The Morgan fingerprint density at radius 3 is 2.11 bits per heavy atom. The highest BCUT2D eigenvalue weighted by atomic mass is 15.6. The van der Waals surface area contributed by atoms with Gasteiger partial charge in [-0.3, -0.25) is 0 Å². The molecule has 1 atom stereocenters. The Kier molecular flexibility index (Phi) is 1.49. The second-order valence-corrected chi connectivity index (χ2v) is 2.65. The summed E-state index contributed by atoms with van der Waals surface area (Å²) in [6.07, 6.45) is 2.25. The van der Waals surface area contributed by atoms with Gasteiger partial charge in [-0.15, -0.1) is 0 Å². The molecule has 1 unspecified atom stereocenters. The van der Waals surface area contributed by atoms with Crippen molar-refractivity contribution in [2.75, 3.05) is 14.1 Å².